The van der Waals surface area contributed by atoms with Gasteiger partial charge in [0.1, 0.15) is 17.8 Å². The summed E-state index contributed by atoms with van der Waals surface area (Å²) in [5.41, 5.74) is 8.05. The number of fused-ring (bicyclic) bond motifs is 1. The lowest BCUT2D eigenvalue weighted by Crippen LogP contribution is -2.55. The number of aliphatic hydroxyl groups is 1. The molecule has 1 aliphatic heterocycles. The van der Waals surface area contributed by atoms with Crippen LogP contribution in [0.3, 0.4) is 0 Å². The smallest absolute Gasteiger partial charge is 0.351 e. The van der Waals surface area contributed by atoms with Crippen molar-refractivity contribution in [1.82, 2.24) is 19.8 Å². The van der Waals surface area contributed by atoms with E-state index in [4.69, 9.17) is 14.9 Å². The van der Waals surface area contributed by atoms with Gasteiger partial charge in [-0.1, -0.05) is 71.7 Å². The van der Waals surface area contributed by atoms with Gasteiger partial charge in [-0.2, -0.15) is 4.98 Å². The lowest BCUT2D eigenvalue weighted by Gasteiger charge is -2.30. The second kappa shape index (κ2) is 16.3. The van der Waals surface area contributed by atoms with Crippen LogP contribution in [0.1, 0.15) is 91.2 Å². The van der Waals surface area contributed by atoms with Gasteiger partial charge in [-0.15, -0.1) is 0 Å². The van der Waals surface area contributed by atoms with Crippen molar-refractivity contribution in [2.75, 3.05) is 13.2 Å². The zero-order valence-corrected chi connectivity index (χ0v) is 30.0. The van der Waals surface area contributed by atoms with E-state index in [0.717, 1.165) is 18.4 Å². The zero-order chi connectivity index (χ0) is 36.1. The van der Waals surface area contributed by atoms with E-state index < -0.39 is 47.7 Å². The SMILES string of the molecule is CCCCCc1ccc(-c2cc3cn(C4CC(O)C(COC(=O)C(NC(=O)C5CCCN5C(=O)C(N)C(C)C)C(C)C)C4)c(=O)nc3o2)cc1. The number of nitrogens with zero attached hydrogens (tertiary/aromatic N) is 3. The lowest BCUT2D eigenvalue weighted by molar-refractivity contribution is -0.152. The summed E-state index contributed by atoms with van der Waals surface area (Å²) in [5, 5.41) is 14.4. The maximum absolute atomic E-state index is 13.3. The number of ether oxygens (including phenoxy) is 1. The van der Waals surface area contributed by atoms with Crippen LogP contribution in [-0.2, 0) is 25.5 Å². The fourth-order valence-corrected chi connectivity index (χ4v) is 7.03. The molecule has 0 bridgehead atoms. The van der Waals surface area contributed by atoms with Crippen LogP contribution < -0.4 is 16.7 Å². The summed E-state index contributed by atoms with van der Waals surface area (Å²) >= 11 is 0. The molecule has 6 unspecified atom stereocenters. The monoisotopic (exact) mass is 691 g/mol. The molecular formula is C38H53N5O7. The average molecular weight is 692 g/mol. The summed E-state index contributed by atoms with van der Waals surface area (Å²) in [6.07, 6.45) is 7.36. The molecule has 1 aliphatic carbocycles. The van der Waals surface area contributed by atoms with Crippen molar-refractivity contribution in [1.29, 1.82) is 0 Å². The molecule has 2 amide bonds. The van der Waals surface area contributed by atoms with Gasteiger partial charge in [0, 0.05) is 30.3 Å². The van der Waals surface area contributed by atoms with Gasteiger partial charge < -0.3 is 30.2 Å². The number of unbranched alkanes of at least 4 members (excludes halogenated alkanes) is 2. The summed E-state index contributed by atoms with van der Waals surface area (Å²) in [5.74, 6) is -1.43. The normalized spacial score (nSPS) is 22.0. The van der Waals surface area contributed by atoms with E-state index in [0.29, 0.717) is 43.4 Å². The molecule has 3 heterocycles. The van der Waals surface area contributed by atoms with Crippen LogP contribution in [0.5, 0.6) is 0 Å². The Balaban J connectivity index is 1.19. The van der Waals surface area contributed by atoms with Crippen LogP contribution >= 0.6 is 0 Å². The van der Waals surface area contributed by atoms with E-state index in [1.165, 1.54) is 27.9 Å². The summed E-state index contributed by atoms with van der Waals surface area (Å²) in [4.78, 5) is 58.3. The minimum atomic E-state index is -0.935. The Kier molecular flexibility index (Phi) is 12.2. The van der Waals surface area contributed by atoms with Crippen molar-refractivity contribution in [3.8, 4) is 11.3 Å². The maximum atomic E-state index is 13.3. The Labute approximate surface area is 293 Å². The summed E-state index contributed by atoms with van der Waals surface area (Å²) in [6.45, 7) is 9.90. The number of aryl methyl sites for hydroxylation is 1. The van der Waals surface area contributed by atoms with E-state index in [-0.39, 0.29) is 36.1 Å². The summed E-state index contributed by atoms with van der Waals surface area (Å²) < 4.78 is 13.1. The first-order valence-corrected chi connectivity index (χ1v) is 18.2. The third kappa shape index (κ3) is 8.46. The topological polar surface area (TPSA) is 170 Å². The van der Waals surface area contributed by atoms with Crippen LogP contribution in [0.4, 0.5) is 0 Å². The van der Waals surface area contributed by atoms with Crippen molar-refractivity contribution >= 4 is 28.9 Å². The highest BCUT2D eigenvalue weighted by Gasteiger charge is 2.40. The number of esters is 1. The molecule has 2 fully saturated rings. The van der Waals surface area contributed by atoms with Gasteiger partial charge >= 0.3 is 11.7 Å². The Morgan fingerprint density at radius 1 is 1.10 bits per heavy atom. The van der Waals surface area contributed by atoms with Gasteiger partial charge in [0.25, 0.3) is 0 Å². The fraction of sp³-hybridized carbons (Fsp3) is 0.605. The number of carbonyl (C=O) groups excluding carboxylic acids is 3. The summed E-state index contributed by atoms with van der Waals surface area (Å²) in [6, 6.07) is 7.43. The standard InChI is InChI=1S/C38H53N5O7/c1-6-7-8-10-24-12-14-25(15-13-24)31-18-26-20-43(38(48)41-35(26)50-31)28-17-27(30(44)19-28)21-49-37(47)33(23(4)5)40-34(45)29-11-9-16-42(29)36(46)32(39)22(2)3/h12-15,18,20,22-23,27-30,32-33,44H,6-11,16-17,19,21,39H2,1-5H3,(H,40,45). The molecule has 0 spiro atoms. The van der Waals surface area contributed by atoms with E-state index in [1.54, 1.807) is 20.0 Å². The quantitative estimate of drug-likeness (QED) is 0.164. The zero-order valence-electron chi connectivity index (χ0n) is 30.0. The average Bonchev–Trinajstić information content (AvgIpc) is 3.83. The molecule has 1 aromatic carbocycles. The van der Waals surface area contributed by atoms with Crippen molar-refractivity contribution in [3.05, 3.63) is 52.6 Å². The molecule has 2 aliphatic rings. The van der Waals surface area contributed by atoms with Crippen molar-refractivity contribution < 1.29 is 28.6 Å². The fourth-order valence-electron chi connectivity index (χ4n) is 7.03. The van der Waals surface area contributed by atoms with E-state index in [2.05, 4.69) is 29.4 Å². The first-order valence-electron chi connectivity index (χ1n) is 18.2. The number of hydrogen-bond acceptors (Lipinski definition) is 9. The number of carbonyl (C=O) groups is 3. The van der Waals surface area contributed by atoms with Gasteiger partial charge in [-0.05, 0) is 62.0 Å². The maximum Gasteiger partial charge on any atom is 0.351 e. The van der Waals surface area contributed by atoms with E-state index in [1.807, 2.05) is 32.0 Å². The minimum absolute atomic E-state index is 0.0679. The molecule has 6 atom stereocenters. The molecule has 50 heavy (non-hydrogen) atoms. The Morgan fingerprint density at radius 3 is 2.52 bits per heavy atom. The first-order chi connectivity index (χ1) is 23.9. The molecule has 12 nitrogen and oxygen atoms in total. The van der Waals surface area contributed by atoms with Crippen molar-refractivity contribution in [3.63, 3.8) is 0 Å². The highest BCUT2D eigenvalue weighted by molar-refractivity contribution is 5.92. The minimum Gasteiger partial charge on any atom is -0.464 e. The Hall–Kier alpha value is -4.03. The van der Waals surface area contributed by atoms with E-state index >= 15 is 0 Å². The lowest BCUT2D eigenvalue weighted by atomic mass is 10.0. The number of hydrogen-bond donors (Lipinski definition) is 3. The largest absolute Gasteiger partial charge is 0.464 e. The van der Waals surface area contributed by atoms with Gasteiger partial charge in [0.05, 0.1) is 24.1 Å². The number of furan rings is 1. The second-order valence-electron chi connectivity index (χ2n) is 14.7. The predicted octanol–water partition coefficient (Wildman–Crippen LogP) is 4.36. The van der Waals surface area contributed by atoms with Gasteiger partial charge in [-0.25, -0.2) is 9.59 Å². The molecule has 1 saturated heterocycles. The van der Waals surface area contributed by atoms with Gasteiger partial charge in [0.15, 0.2) is 0 Å². The predicted molar refractivity (Wildman–Crippen MR) is 190 cm³/mol. The van der Waals surface area contributed by atoms with Gasteiger partial charge in [0.2, 0.25) is 17.5 Å². The summed E-state index contributed by atoms with van der Waals surface area (Å²) in [7, 11) is 0. The molecule has 5 rings (SSSR count). The molecule has 0 radical (unpaired) electrons. The second-order valence-corrected chi connectivity index (χ2v) is 14.7. The number of nitrogens with two attached hydrogens (primary N) is 1. The molecule has 272 valence electrons. The molecule has 4 N–H and O–H groups in total. The highest BCUT2D eigenvalue weighted by atomic mass is 16.5. The van der Waals surface area contributed by atoms with Crippen LogP contribution in [0, 0.1) is 17.8 Å². The van der Waals surface area contributed by atoms with Crippen LogP contribution in [0.2, 0.25) is 0 Å². The number of nitrogens with one attached hydrogen (secondary N) is 1. The van der Waals surface area contributed by atoms with Crippen LogP contribution in [0.15, 0.2) is 45.7 Å². The number of aromatic nitrogens is 2. The molecule has 1 saturated carbocycles. The number of likely N-dealkylation sites (tertiary alicyclic amines) is 1. The molecular weight excluding hydrogens is 638 g/mol. The molecule has 3 aromatic rings. The molecule has 2 aromatic heterocycles. The number of amides is 2. The third-order valence-electron chi connectivity index (χ3n) is 10.3. The van der Waals surface area contributed by atoms with Gasteiger partial charge in [-0.3, -0.25) is 14.2 Å². The van der Waals surface area contributed by atoms with Crippen molar-refractivity contribution in [2.45, 2.75) is 116 Å². The number of rotatable bonds is 14. The van der Waals surface area contributed by atoms with Crippen molar-refractivity contribution in [2.24, 2.45) is 23.5 Å². The number of benzene rings is 1. The highest BCUT2D eigenvalue weighted by Crippen LogP contribution is 2.35. The Morgan fingerprint density at radius 2 is 1.84 bits per heavy atom. The molecule has 12 heteroatoms. The third-order valence-corrected chi connectivity index (χ3v) is 10.3. The van der Waals surface area contributed by atoms with Crippen LogP contribution in [-0.4, -0.2) is 74.7 Å². The number of aliphatic hydroxyl groups excluding tert-OH is 1. The Bertz CT molecular complexity index is 1700. The van der Waals surface area contributed by atoms with E-state index in [9.17, 15) is 24.3 Å². The first kappa shape index (κ1) is 37.2. The van der Waals surface area contributed by atoms with Crippen LogP contribution in [0.25, 0.3) is 22.4 Å².